The first-order chi connectivity index (χ1) is 8.56. The van der Waals surface area contributed by atoms with Gasteiger partial charge in [-0.3, -0.25) is 0 Å². The van der Waals surface area contributed by atoms with Crippen LogP contribution in [0, 0.1) is 0 Å². The number of carbonyl (C=O) groups is 1. The topological polar surface area (TPSA) is 40.1 Å². The van der Waals surface area contributed by atoms with Crippen molar-refractivity contribution in [2.24, 2.45) is 0 Å². The van der Waals surface area contributed by atoms with Gasteiger partial charge in [-0.2, -0.15) is 35.1 Å². The molecule has 0 spiro atoms. The molecule has 1 saturated carbocycles. The van der Waals surface area contributed by atoms with Gasteiger partial charge in [0.05, 0.1) is 12.4 Å². The second kappa shape index (κ2) is 3.82. The number of hydrogen-bond acceptors (Lipinski definition) is 2. The normalized spacial score (nSPS) is 33.5. The number of carboxylic acids is 1. The van der Waals surface area contributed by atoms with Crippen molar-refractivity contribution >= 4 is 5.97 Å². The highest BCUT2D eigenvalue weighted by Crippen LogP contribution is 2.65. The Morgan fingerprint density at radius 2 is 1.25 bits per heavy atom. The van der Waals surface area contributed by atoms with Crippen LogP contribution in [0.5, 0.6) is 0 Å². The molecule has 0 N–H and O–H groups in total. The van der Waals surface area contributed by atoms with Gasteiger partial charge >= 0.3 is 23.7 Å². The lowest BCUT2D eigenvalue weighted by atomic mass is 9.72. The second-order valence-corrected chi connectivity index (χ2v) is 4.17. The lowest BCUT2D eigenvalue weighted by Crippen LogP contribution is -2.75. The number of alkyl halides is 9. The molecule has 1 unspecified atom stereocenters. The van der Waals surface area contributed by atoms with E-state index in [0.29, 0.717) is 0 Å². The average Bonchev–Trinajstić information content (AvgIpc) is 2.24. The van der Waals surface area contributed by atoms with Crippen LogP contribution in [0.25, 0.3) is 0 Å². The van der Waals surface area contributed by atoms with Crippen molar-refractivity contribution < 1.29 is 49.4 Å². The predicted molar refractivity (Wildman–Crippen MR) is 42.4 cm³/mol. The maximum Gasteiger partial charge on any atom is 0.381 e. The van der Waals surface area contributed by atoms with Crippen LogP contribution in [-0.4, -0.2) is 35.3 Å². The molecule has 1 atom stereocenters. The van der Waals surface area contributed by atoms with Crippen molar-refractivity contribution in [2.45, 2.75) is 35.8 Å². The molecule has 1 fully saturated rings. The van der Waals surface area contributed by atoms with Gasteiger partial charge in [-0.05, 0) is 0 Å². The maximum absolute atomic E-state index is 13.8. The van der Waals surface area contributed by atoms with Gasteiger partial charge in [-0.1, -0.05) is 6.58 Å². The summed E-state index contributed by atoms with van der Waals surface area (Å²) in [4.78, 5) is 10.2. The van der Waals surface area contributed by atoms with E-state index in [9.17, 15) is 49.4 Å². The number of aliphatic carboxylic acids is 1. The molecule has 0 bridgehead atoms. The lowest BCUT2D eigenvalue weighted by Gasteiger charge is -2.49. The summed E-state index contributed by atoms with van der Waals surface area (Å²) in [5.74, 6) is -28.7. The highest BCUT2D eigenvalue weighted by Gasteiger charge is 2.91. The van der Waals surface area contributed by atoms with Gasteiger partial charge in [0.15, 0.2) is 0 Å². The Morgan fingerprint density at radius 3 is 1.60 bits per heavy atom. The highest BCUT2D eigenvalue weighted by molar-refractivity contribution is 5.87. The molecule has 0 aromatic carbocycles. The van der Waals surface area contributed by atoms with Crippen molar-refractivity contribution in [1.29, 1.82) is 0 Å². The first-order valence-corrected chi connectivity index (χ1v) is 4.67. The summed E-state index contributed by atoms with van der Waals surface area (Å²) >= 11 is 0. The van der Waals surface area contributed by atoms with E-state index in [4.69, 9.17) is 0 Å². The van der Waals surface area contributed by atoms with Crippen molar-refractivity contribution in [3.05, 3.63) is 12.2 Å². The molecule has 0 aliphatic heterocycles. The molecule has 20 heavy (non-hydrogen) atoms. The van der Waals surface area contributed by atoms with Crippen LogP contribution in [0.2, 0.25) is 0 Å². The van der Waals surface area contributed by atoms with E-state index in [1.807, 2.05) is 0 Å². The van der Waals surface area contributed by atoms with Gasteiger partial charge in [-0.15, -0.1) is 0 Å². The van der Waals surface area contributed by atoms with Crippen LogP contribution < -0.4 is 5.11 Å². The molecule has 0 amide bonds. The third-order valence-corrected chi connectivity index (χ3v) is 2.94. The fourth-order valence-corrected chi connectivity index (χ4v) is 1.66. The Morgan fingerprint density at radius 1 is 0.850 bits per heavy atom. The van der Waals surface area contributed by atoms with Crippen molar-refractivity contribution in [3.8, 4) is 0 Å². The van der Waals surface area contributed by atoms with Crippen LogP contribution in [0.3, 0.4) is 0 Å². The molecule has 0 heterocycles. The third kappa shape index (κ3) is 1.57. The Hall–Kier alpha value is -1.42. The summed E-state index contributed by atoms with van der Waals surface area (Å²) in [6.45, 7) is 2.10. The monoisotopic (exact) mass is 315 g/mol. The van der Waals surface area contributed by atoms with Gasteiger partial charge < -0.3 is 9.90 Å². The van der Waals surface area contributed by atoms with Crippen LogP contribution in [0.15, 0.2) is 12.2 Å². The van der Waals surface area contributed by atoms with Gasteiger partial charge in [0.2, 0.25) is 5.67 Å². The number of hydrogen-bond donors (Lipinski definition) is 0. The van der Waals surface area contributed by atoms with E-state index in [2.05, 4.69) is 6.58 Å². The maximum atomic E-state index is 13.8. The Labute approximate surface area is 104 Å². The molecular formula is C9H4F9O2-. The number of halogens is 9. The molecule has 0 aromatic heterocycles. The fourth-order valence-electron chi connectivity index (χ4n) is 1.66. The van der Waals surface area contributed by atoms with Crippen molar-refractivity contribution in [1.82, 2.24) is 0 Å². The van der Waals surface area contributed by atoms with Crippen LogP contribution in [0.1, 0.15) is 6.42 Å². The summed E-state index contributed by atoms with van der Waals surface area (Å²) in [5, 5.41) is 10.2. The van der Waals surface area contributed by atoms with E-state index < -0.39 is 47.3 Å². The molecule has 116 valence electrons. The SMILES string of the molecule is C=C(C(=O)[O-])C1(F)CC(F)(F)C(F)(F)C(F)(F)C1(F)F. The van der Waals surface area contributed by atoms with E-state index in [1.165, 1.54) is 0 Å². The van der Waals surface area contributed by atoms with E-state index >= 15 is 0 Å². The molecule has 1 aliphatic carbocycles. The largest absolute Gasteiger partial charge is 0.545 e. The molecule has 1 rings (SSSR count). The molecule has 1 aliphatic rings. The Balaban J connectivity index is 3.61. The van der Waals surface area contributed by atoms with E-state index in [1.54, 1.807) is 0 Å². The van der Waals surface area contributed by atoms with Gasteiger partial charge in [-0.25, -0.2) is 4.39 Å². The van der Waals surface area contributed by atoms with Crippen molar-refractivity contribution in [2.75, 3.05) is 0 Å². The standard InChI is InChI=1S/C9H5F9O2/c1-3(4(19)20)5(10)2-6(11,12)8(15,16)9(17,18)7(5,13)14/h1-2H2,(H,19,20)/p-1. The van der Waals surface area contributed by atoms with Gasteiger partial charge in [0.25, 0.3) is 0 Å². The average molecular weight is 315 g/mol. The molecule has 0 saturated heterocycles. The van der Waals surface area contributed by atoms with Crippen molar-refractivity contribution in [3.63, 3.8) is 0 Å². The zero-order chi connectivity index (χ0) is 16.4. The zero-order valence-corrected chi connectivity index (χ0v) is 9.13. The Bertz CT molecular complexity index is 470. The summed E-state index contributed by atoms with van der Waals surface area (Å²) in [5.41, 5.74) is -7.77. The third-order valence-electron chi connectivity index (χ3n) is 2.94. The number of carbonyl (C=O) groups excluding carboxylic acids is 1. The number of carboxylic acid groups (broad SMARTS) is 1. The minimum Gasteiger partial charge on any atom is -0.545 e. The predicted octanol–water partition coefficient (Wildman–Crippen LogP) is 1.95. The van der Waals surface area contributed by atoms with Gasteiger partial charge in [0, 0.05) is 5.57 Å². The van der Waals surface area contributed by atoms with E-state index in [-0.39, 0.29) is 0 Å². The highest BCUT2D eigenvalue weighted by atomic mass is 19.4. The van der Waals surface area contributed by atoms with Crippen LogP contribution >= 0.6 is 0 Å². The molecule has 11 heteroatoms. The smallest absolute Gasteiger partial charge is 0.381 e. The first-order valence-electron chi connectivity index (χ1n) is 4.67. The molecule has 0 aromatic rings. The minimum absolute atomic E-state index is 2.10. The Kier molecular flexibility index (Phi) is 3.17. The first kappa shape index (κ1) is 16.6. The quantitative estimate of drug-likeness (QED) is 0.577. The fraction of sp³-hybridized carbons (Fsp3) is 0.667. The van der Waals surface area contributed by atoms with Gasteiger partial charge in [0.1, 0.15) is 0 Å². The summed E-state index contributed by atoms with van der Waals surface area (Å²) in [6.07, 6.45) is -3.18. The second-order valence-electron chi connectivity index (χ2n) is 4.17. The van der Waals surface area contributed by atoms with Crippen LogP contribution in [0.4, 0.5) is 39.5 Å². The molecule has 0 radical (unpaired) electrons. The summed E-state index contributed by atoms with van der Waals surface area (Å²) in [6, 6.07) is 0. The minimum atomic E-state index is -6.84. The zero-order valence-electron chi connectivity index (χ0n) is 9.13. The summed E-state index contributed by atoms with van der Waals surface area (Å²) < 4.78 is 117. The number of rotatable bonds is 2. The lowest BCUT2D eigenvalue weighted by molar-refractivity contribution is -0.420. The summed E-state index contributed by atoms with van der Waals surface area (Å²) in [7, 11) is 0. The molecular weight excluding hydrogens is 311 g/mol. The molecule has 2 nitrogen and oxygen atoms in total. The van der Waals surface area contributed by atoms with Crippen LogP contribution in [-0.2, 0) is 4.79 Å². The van der Waals surface area contributed by atoms with E-state index in [0.717, 1.165) is 0 Å².